The molecule has 0 bridgehead atoms. The minimum absolute atomic E-state index is 0.0551. The molecule has 0 aromatic heterocycles. The Bertz CT molecular complexity index is 495. The normalized spacial score (nSPS) is 29.0. The van der Waals surface area contributed by atoms with Crippen LogP contribution in [0, 0.1) is 5.41 Å². The maximum absolute atomic E-state index is 13.1. The molecule has 1 aliphatic heterocycles. The second-order valence-electron chi connectivity index (χ2n) is 7.67. The summed E-state index contributed by atoms with van der Waals surface area (Å²) in [6.07, 6.45) is 0.784. The molecule has 1 heterocycles. The third kappa shape index (κ3) is 4.02. The monoisotopic (exact) mass is 364 g/mol. The summed E-state index contributed by atoms with van der Waals surface area (Å²) in [4.78, 5) is 12.0. The van der Waals surface area contributed by atoms with E-state index in [4.69, 9.17) is 13.8 Å². The summed E-state index contributed by atoms with van der Waals surface area (Å²) in [5.74, 6) is -0.372. The Morgan fingerprint density at radius 1 is 1.12 bits per heavy atom. The van der Waals surface area contributed by atoms with Gasteiger partial charge in [0.25, 0.3) is 0 Å². The van der Waals surface area contributed by atoms with Gasteiger partial charge < -0.3 is 13.8 Å². The Kier molecular flexibility index (Phi) is 6.67. The van der Waals surface area contributed by atoms with E-state index < -0.39 is 23.8 Å². The second-order valence-corrected chi connectivity index (χ2v) is 10.1. The van der Waals surface area contributed by atoms with Gasteiger partial charge in [-0.1, -0.05) is 0 Å². The molecule has 0 N–H and O–H groups in total. The maximum Gasteiger partial charge on any atom is 0.352 e. The van der Waals surface area contributed by atoms with Gasteiger partial charge in [-0.3, -0.25) is 9.36 Å². The summed E-state index contributed by atoms with van der Waals surface area (Å²) in [5, 5.41) is 12.5. The van der Waals surface area contributed by atoms with E-state index in [1.807, 2.05) is 0 Å². The first-order valence-corrected chi connectivity index (χ1v) is 9.94. The first-order valence-electron chi connectivity index (χ1n) is 8.40. The van der Waals surface area contributed by atoms with E-state index in [0.717, 1.165) is 5.06 Å². The second kappa shape index (κ2) is 7.42. The lowest BCUT2D eigenvalue weighted by Crippen LogP contribution is -2.51. The van der Waals surface area contributed by atoms with Crippen LogP contribution in [-0.4, -0.2) is 41.7 Å². The van der Waals surface area contributed by atoms with Crippen LogP contribution >= 0.6 is 7.60 Å². The lowest BCUT2D eigenvalue weighted by molar-refractivity contribution is -0.247. The van der Waals surface area contributed by atoms with Crippen LogP contribution in [0.3, 0.4) is 0 Å². The molecule has 1 fully saturated rings. The van der Waals surface area contributed by atoms with Crippen LogP contribution in [0.1, 0.15) is 61.3 Å². The topological polar surface area (TPSA) is 85.0 Å². The standard InChI is InChI=1S/C16H31NO6P/c1-8-22-24(20,23-9-2)16(7)11-10-15(6,17(16)19)12-21-13(18)14(3,4)5/h8-12H2,1-7H3/t15-,16+/m1/s1. The predicted molar refractivity (Wildman–Crippen MR) is 89.8 cm³/mol. The number of nitrogens with zero attached hydrogens (tertiary/aromatic N) is 1. The van der Waals surface area contributed by atoms with Gasteiger partial charge in [-0.15, -0.1) is 10.3 Å². The summed E-state index contributed by atoms with van der Waals surface area (Å²) in [6.45, 7) is 12.3. The fourth-order valence-electron chi connectivity index (χ4n) is 2.76. The van der Waals surface area contributed by atoms with Gasteiger partial charge in [-0.05, 0) is 61.3 Å². The molecule has 0 amide bonds. The lowest BCUT2D eigenvalue weighted by atomic mass is 9.97. The van der Waals surface area contributed by atoms with Crippen molar-refractivity contribution in [2.45, 2.75) is 72.1 Å². The van der Waals surface area contributed by atoms with Gasteiger partial charge in [0.2, 0.25) is 0 Å². The van der Waals surface area contributed by atoms with Crippen LogP contribution in [0.15, 0.2) is 0 Å². The SMILES string of the molecule is CCOP(=O)(OCC)[C@@]1(C)CC[C@](C)(COC(=O)C(C)(C)C)N1[O]. The summed E-state index contributed by atoms with van der Waals surface area (Å²) < 4.78 is 29.2. The highest BCUT2D eigenvalue weighted by molar-refractivity contribution is 7.55. The van der Waals surface area contributed by atoms with E-state index in [9.17, 15) is 14.6 Å². The number of rotatable bonds is 7. The van der Waals surface area contributed by atoms with Crippen molar-refractivity contribution >= 4 is 13.6 Å². The molecule has 0 aliphatic carbocycles. The largest absolute Gasteiger partial charge is 0.463 e. The van der Waals surface area contributed by atoms with Crippen molar-refractivity contribution in [3.8, 4) is 0 Å². The average molecular weight is 364 g/mol. The smallest absolute Gasteiger partial charge is 0.352 e. The molecule has 141 valence electrons. The number of hydrogen-bond acceptors (Lipinski definition) is 6. The van der Waals surface area contributed by atoms with Crippen LogP contribution < -0.4 is 0 Å². The van der Waals surface area contributed by atoms with Gasteiger partial charge >= 0.3 is 13.6 Å². The fourth-order valence-corrected chi connectivity index (χ4v) is 4.92. The zero-order valence-corrected chi connectivity index (χ0v) is 16.8. The molecular formula is C16H31NO6P. The Balaban J connectivity index is 2.97. The van der Waals surface area contributed by atoms with Crippen molar-refractivity contribution in [1.82, 2.24) is 5.06 Å². The van der Waals surface area contributed by atoms with E-state index in [1.165, 1.54) is 0 Å². The van der Waals surface area contributed by atoms with E-state index in [0.29, 0.717) is 12.8 Å². The number of esters is 1. The molecule has 0 unspecified atom stereocenters. The number of ether oxygens (including phenoxy) is 1. The van der Waals surface area contributed by atoms with Gasteiger partial charge in [0.15, 0.2) is 0 Å². The zero-order valence-electron chi connectivity index (χ0n) is 15.9. The molecule has 0 aromatic rings. The van der Waals surface area contributed by atoms with Gasteiger partial charge in [-0.25, -0.2) is 0 Å². The van der Waals surface area contributed by atoms with Crippen molar-refractivity contribution in [3.63, 3.8) is 0 Å². The number of hydroxylamine groups is 2. The fraction of sp³-hybridized carbons (Fsp3) is 0.938. The Morgan fingerprint density at radius 2 is 1.62 bits per heavy atom. The highest BCUT2D eigenvalue weighted by Crippen LogP contribution is 2.66. The number of carbonyl (C=O) groups is 1. The average Bonchev–Trinajstić information content (AvgIpc) is 2.71. The highest BCUT2D eigenvalue weighted by atomic mass is 31.2. The van der Waals surface area contributed by atoms with Crippen LogP contribution in [0.25, 0.3) is 0 Å². The Morgan fingerprint density at radius 3 is 2.04 bits per heavy atom. The van der Waals surface area contributed by atoms with Crippen molar-refractivity contribution in [3.05, 3.63) is 0 Å². The van der Waals surface area contributed by atoms with E-state index in [-0.39, 0.29) is 25.8 Å². The minimum Gasteiger partial charge on any atom is -0.463 e. The molecule has 1 radical (unpaired) electrons. The molecule has 8 heteroatoms. The summed E-state index contributed by atoms with van der Waals surface area (Å²) >= 11 is 0. The number of carbonyl (C=O) groups excluding carboxylic acids is 1. The Hall–Kier alpha value is -0.460. The van der Waals surface area contributed by atoms with Crippen LogP contribution in [0.4, 0.5) is 0 Å². The molecule has 1 saturated heterocycles. The van der Waals surface area contributed by atoms with Crippen LogP contribution in [0.2, 0.25) is 0 Å². The van der Waals surface area contributed by atoms with Gasteiger partial charge in [0.1, 0.15) is 11.9 Å². The van der Waals surface area contributed by atoms with Gasteiger partial charge in [0.05, 0.1) is 24.2 Å². The summed E-state index contributed by atoms with van der Waals surface area (Å²) in [5.41, 5.74) is -1.60. The molecule has 1 aliphatic rings. The lowest BCUT2D eigenvalue weighted by Gasteiger charge is -2.39. The first kappa shape index (κ1) is 21.6. The van der Waals surface area contributed by atoms with E-state index in [1.54, 1.807) is 48.5 Å². The highest BCUT2D eigenvalue weighted by Gasteiger charge is 2.62. The molecule has 2 atom stereocenters. The van der Waals surface area contributed by atoms with Crippen molar-refractivity contribution in [2.75, 3.05) is 19.8 Å². The van der Waals surface area contributed by atoms with Crippen molar-refractivity contribution in [1.29, 1.82) is 0 Å². The van der Waals surface area contributed by atoms with Gasteiger partial charge in [0, 0.05) is 0 Å². The third-order valence-corrected chi connectivity index (χ3v) is 7.16. The molecule has 7 nitrogen and oxygen atoms in total. The quantitative estimate of drug-likeness (QED) is 0.505. The first-order chi connectivity index (χ1) is 10.9. The zero-order chi connectivity index (χ0) is 18.8. The summed E-state index contributed by atoms with van der Waals surface area (Å²) in [6, 6.07) is 0. The van der Waals surface area contributed by atoms with Gasteiger partial charge in [-0.2, -0.15) is 0 Å². The van der Waals surface area contributed by atoms with Crippen LogP contribution in [0.5, 0.6) is 0 Å². The number of hydrogen-bond donors (Lipinski definition) is 0. The molecule has 0 aromatic carbocycles. The van der Waals surface area contributed by atoms with Crippen molar-refractivity contribution < 1.29 is 28.4 Å². The third-order valence-electron chi connectivity index (χ3n) is 4.38. The van der Waals surface area contributed by atoms with Crippen molar-refractivity contribution in [2.24, 2.45) is 5.41 Å². The summed E-state index contributed by atoms with van der Waals surface area (Å²) in [7, 11) is -3.62. The van der Waals surface area contributed by atoms with Crippen LogP contribution in [-0.2, 0) is 28.4 Å². The minimum atomic E-state index is -3.62. The predicted octanol–water partition coefficient (Wildman–Crippen LogP) is 3.76. The molecule has 1 rings (SSSR count). The Labute approximate surface area is 145 Å². The molecular weight excluding hydrogens is 333 g/mol. The molecule has 0 saturated carbocycles. The van der Waals surface area contributed by atoms with E-state index >= 15 is 0 Å². The molecule has 0 spiro atoms. The molecule has 24 heavy (non-hydrogen) atoms. The maximum atomic E-state index is 13.1. The van der Waals surface area contributed by atoms with E-state index in [2.05, 4.69) is 0 Å².